The van der Waals surface area contributed by atoms with Crippen molar-refractivity contribution in [2.75, 3.05) is 0 Å². The van der Waals surface area contributed by atoms with E-state index >= 15 is 0 Å². The zero-order valence-corrected chi connectivity index (χ0v) is 11.5. The first kappa shape index (κ1) is 11.5. The molecule has 0 aliphatic heterocycles. The number of hydrogen-bond acceptors (Lipinski definition) is 1. The van der Waals surface area contributed by atoms with Gasteiger partial charge in [0.15, 0.2) is 5.78 Å². The lowest BCUT2D eigenvalue weighted by molar-refractivity contribution is 0.0868. The Morgan fingerprint density at radius 1 is 1.12 bits per heavy atom. The van der Waals surface area contributed by atoms with Crippen molar-refractivity contribution in [1.29, 1.82) is 0 Å². The van der Waals surface area contributed by atoms with Crippen molar-refractivity contribution in [2.24, 2.45) is 11.8 Å². The molecule has 2 aliphatic rings. The number of ketones is 1. The van der Waals surface area contributed by atoms with Gasteiger partial charge in [0.1, 0.15) is 0 Å². The Hall–Kier alpha value is -0.630. The third-order valence-corrected chi connectivity index (χ3v) is 5.00. The van der Waals surface area contributed by atoms with E-state index < -0.39 is 0 Å². The van der Waals surface area contributed by atoms with Gasteiger partial charge in [-0.3, -0.25) is 4.79 Å². The minimum absolute atomic E-state index is 0.268. The molecule has 90 valence electrons. The van der Waals surface area contributed by atoms with E-state index in [1.807, 2.05) is 12.1 Å². The van der Waals surface area contributed by atoms with E-state index in [1.54, 1.807) is 0 Å². The topological polar surface area (TPSA) is 17.1 Å². The summed E-state index contributed by atoms with van der Waals surface area (Å²) < 4.78 is 0.985. The van der Waals surface area contributed by atoms with Crippen LogP contribution >= 0.6 is 15.9 Å². The summed E-state index contributed by atoms with van der Waals surface area (Å²) in [6.45, 7) is 0. The Morgan fingerprint density at radius 3 is 2.59 bits per heavy atom. The summed E-state index contributed by atoms with van der Waals surface area (Å²) in [6.07, 6.45) is 7.45. The summed E-state index contributed by atoms with van der Waals surface area (Å²) in [6, 6.07) is 6.14. The van der Waals surface area contributed by atoms with Crippen molar-refractivity contribution in [3.63, 3.8) is 0 Å². The van der Waals surface area contributed by atoms with E-state index in [-0.39, 0.29) is 5.92 Å². The van der Waals surface area contributed by atoms with Crippen molar-refractivity contribution >= 4 is 21.7 Å². The standard InChI is InChI=1S/C15H17BrO/c16-13-8-4-7-11-9-12(15(17)14(11)13)10-5-2-1-3-6-10/h4,7-8,10,12H,1-3,5-6,9H2. The minimum Gasteiger partial charge on any atom is -0.294 e. The summed E-state index contributed by atoms with van der Waals surface area (Å²) in [5, 5.41) is 0. The second-order valence-electron chi connectivity index (χ2n) is 5.35. The number of halogens is 1. The van der Waals surface area contributed by atoms with Gasteiger partial charge in [0.2, 0.25) is 0 Å². The largest absolute Gasteiger partial charge is 0.294 e. The van der Waals surface area contributed by atoms with Crippen molar-refractivity contribution in [2.45, 2.75) is 38.5 Å². The monoisotopic (exact) mass is 292 g/mol. The first-order valence-corrected chi connectivity index (χ1v) is 7.38. The van der Waals surface area contributed by atoms with Gasteiger partial charge in [0, 0.05) is 16.0 Å². The molecule has 0 N–H and O–H groups in total. The molecule has 1 atom stereocenters. The Labute approximate surface area is 111 Å². The third-order valence-electron chi connectivity index (χ3n) is 4.34. The molecule has 0 radical (unpaired) electrons. The first-order valence-electron chi connectivity index (χ1n) is 6.59. The molecule has 0 aromatic heterocycles. The molecule has 0 saturated heterocycles. The highest BCUT2D eigenvalue weighted by atomic mass is 79.9. The van der Waals surface area contributed by atoms with Crippen LogP contribution in [0.1, 0.15) is 48.0 Å². The molecule has 1 saturated carbocycles. The summed E-state index contributed by atoms with van der Waals surface area (Å²) in [5.41, 5.74) is 2.21. The number of benzene rings is 1. The lowest BCUT2D eigenvalue weighted by atomic mass is 9.78. The maximum atomic E-state index is 12.5. The summed E-state index contributed by atoms with van der Waals surface area (Å²) in [5.74, 6) is 1.29. The predicted molar refractivity (Wildman–Crippen MR) is 72.2 cm³/mol. The quantitative estimate of drug-likeness (QED) is 0.750. The van der Waals surface area contributed by atoms with E-state index in [0.29, 0.717) is 11.7 Å². The number of carbonyl (C=O) groups excluding carboxylic acids is 1. The van der Waals surface area contributed by atoms with E-state index in [2.05, 4.69) is 22.0 Å². The van der Waals surface area contributed by atoms with Gasteiger partial charge in [-0.1, -0.05) is 47.3 Å². The molecular formula is C15H17BrO. The van der Waals surface area contributed by atoms with Crippen LogP contribution in [0.15, 0.2) is 22.7 Å². The number of hydrogen-bond donors (Lipinski definition) is 0. The average molecular weight is 293 g/mol. The van der Waals surface area contributed by atoms with Crippen LogP contribution in [-0.2, 0) is 6.42 Å². The molecule has 0 amide bonds. The molecule has 0 spiro atoms. The van der Waals surface area contributed by atoms with Crippen LogP contribution in [0.25, 0.3) is 0 Å². The van der Waals surface area contributed by atoms with Crippen LogP contribution in [0.5, 0.6) is 0 Å². The number of rotatable bonds is 1. The van der Waals surface area contributed by atoms with Crippen LogP contribution in [0, 0.1) is 11.8 Å². The fourth-order valence-electron chi connectivity index (χ4n) is 3.45. The smallest absolute Gasteiger partial charge is 0.167 e. The molecule has 17 heavy (non-hydrogen) atoms. The van der Waals surface area contributed by atoms with Crippen LogP contribution in [0.3, 0.4) is 0 Å². The van der Waals surface area contributed by atoms with Crippen molar-refractivity contribution in [3.05, 3.63) is 33.8 Å². The number of fused-ring (bicyclic) bond motifs is 1. The average Bonchev–Trinajstić information content (AvgIpc) is 2.69. The minimum atomic E-state index is 0.268. The lowest BCUT2D eigenvalue weighted by Gasteiger charge is -2.26. The highest BCUT2D eigenvalue weighted by Crippen LogP contribution is 2.40. The summed E-state index contributed by atoms with van der Waals surface area (Å²) in [7, 11) is 0. The highest BCUT2D eigenvalue weighted by molar-refractivity contribution is 9.10. The SMILES string of the molecule is O=C1c2c(Br)cccc2CC1C1CCCCC1. The second kappa shape index (κ2) is 4.56. The van der Waals surface area contributed by atoms with Crippen LogP contribution in [0.4, 0.5) is 0 Å². The van der Waals surface area contributed by atoms with Gasteiger partial charge in [0.25, 0.3) is 0 Å². The molecule has 0 heterocycles. The van der Waals surface area contributed by atoms with Gasteiger partial charge in [-0.15, -0.1) is 0 Å². The summed E-state index contributed by atoms with van der Waals surface area (Å²) >= 11 is 3.52. The van der Waals surface area contributed by atoms with E-state index in [4.69, 9.17) is 0 Å². The Kier molecular flexibility index (Phi) is 3.08. The molecule has 1 fully saturated rings. The Morgan fingerprint density at radius 2 is 1.88 bits per heavy atom. The fraction of sp³-hybridized carbons (Fsp3) is 0.533. The highest BCUT2D eigenvalue weighted by Gasteiger charge is 2.37. The van der Waals surface area contributed by atoms with Gasteiger partial charge in [-0.2, -0.15) is 0 Å². The number of Topliss-reactive ketones (excluding diaryl/α,β-unsaturated/α-hetero) is 1. The summed E-state index contributed by atoms with van der Waals surface area (Å²) in [4.78, 5) is 12.5. The Balaban J connectivity index is 1.88. The molecule has 0 bridgehead atoms. The molecule has 2 heteroatoms. The molecule has 1 unspecified atom stereocenters. The van der Waals surface area contributed by atoms with Crippen LogP contribution in [-0.4, -0.2) is 5.78 Å². The van der Waals surface area contributed by atoms with Gasteiger partial charge in [-0.25, -0.2) is 0 Å². The van der Waals surface area contributed by atoms with Crippen LogP contribution in [0.2, 0.25) is 0 Å². The number of carbonyl (C=O) groups is 1. The third kappa shape index (κ3) is 1.97. The maximum Gasteiger partial charge on any atom is 0.167 e. The maximum absolute atomic E-state index is 12.5. The van der Waals surface area contributed by atoms with E-state index in [0.717, 1.165) is 16.5 Å². The molecule has 3 rings (SSSR count). The lowest BCUT2D eigenvalue weighted by Crippen LogP contribution is -2.23. The molecule has 1 nitrogen and oxygen atoms in total. The Bertz CT molecular complexity index is 446. The van der Waals surface area contributed by atoms with Gasteiger partial charge in [0.05, 0.1) is 0 Å². The van der Waals surface area contributed by atoms with E-state index in [9.17, 15) is 4.79 Å². The van der Waals surface area contributed by atoms with Gasteiger partial charge in [-0.05, 0) is 36.8 Å². The molecule has 2 aliphatic carbocycles. The first-order chi connectivity index (χ1) is 8.27. The second-order valence-corrected chi connectivity index (χ2v) is 6.20. The van der Waals surface area contributed by atoms with Crippen molar-refractivity contribution in [3.8, 4) is 0 Å². The molecular weight excluding hydrogens is 276 g/mol. The van der Waals surface area contributed by atoms with E-state index in [1.165, 1.54) is 37.7 Å². The van der Waals surface area contributed by atoms with Gasteiger partial charge < -0.3 is 0 Å². The van der Waals surface area contributed by atoms with Crippen LogP contribution < -0.4 is 0 Å². The zero-order chi connectivity index (χ0) is 11.8. The van der Waals surface area contributed by atoms with Gasteiger partial charge >= 0.3 is 0 Å². The predicted octanol–water partition coefficient (Wildman–Crippen LogP) is 4.38. The molecule has 1 aromatic rings. The fourth-order valence-corrected chi connectivity index (χ4v) is 4.05. The van der Waals surface area contributed by atoms with Crippen molar-refractivity contribution < 1.29 is 4.79 Å². The van der Waals surface area contributed by atoms with Crippen molar-refractivity contribution in [1.82, 2.24) is 0 Å². The molecule has 1 aromatic carbocycles. The zero-order valence-electron chi connectivity index (χ0n) is 9.92. The normalized spacial score (nSPS) is 25.0.